The number of amides is 1. The summed E-state index contributed by atoms with van der Waals surface area (Å²) in [5.74, 6) is -0.0209. The standard InChI is InChI=1S/C18H21N3O3/c1-13-5-10-17(14(2)12-13)20-18(22)4-3-11-19-15-6-8-16(9-7-15)21(23)24/h5-10,12,19H,3-4,11H2,1-2H3,(H,20,22). The van der Waals surface area contributed by atoms with Crippen molar-refractivity contribution in [2.24, 2.45) is 0 Å². The minimum absolute atomic E-state index is 0.0209. The third-order valence-corrected chi connectivity index (χ3v) is 3.64. The number of aryl methyl sites for hydroxylation is 2. The molecule has 24 heavy (non-hydrogen) atoms. The van der Waals surface area contributed by atoms with Gasteiger partial charge >= 0.3 is 0 Å². The average molecular weight is 327 g/mol. The Balaban J connectivity index is 1.73. The third kappa shape index (κ3) is 5.08. The van der Waals surface area contributed by atoms with Gasteiger partial charge in [0.1, 0.15) is 0 Å². The van der Waals surface area contributed by atoms with Crippen LogP contribution in [0.3, 0.4) is 0 Å². The maximum atomic E-state index is 12.0. The quantitative estimate of drug-likeness (QED) is 0.456. The summed E-state index contributed by atoms with van der Waals surface area (Å²) in [7, 11) is 0. The number of carbonyl (C=O) groups excluding carboxylic acids is 1. The molecule has 0 heterocycles. The van der Waals surface area contributed by atoms with Gasteiger partial charge in [0.25, 0.3) is 5.69 Å². The first-order chi connectivity index (χ1) is 11.5. The van der Waals surface area contributed by atoms with Gasteiger partial charge in [-0.05, 0) is 44.0 Å². The molecule has 0 unspecified atom stereocenters. The summed E-state index contributed by atoms with van der Waals surface area (Å²) in [6.45, 7) is 4.61. The number of hydrogen-bond acceptors (Lipinski definition) is 4. The van der Waals surface area contributed by atoms with E-state index >= 15 is 0 Å². The summed E-state index contributed by atoms with van der Waals surface area (Å²) in [6, 6.07) is 12.1. The lowest BCUT2D eigenvalue weighted by Crippen LogP contribution is -2.14. The normalized spacial score (nSPS) is 10.2. The van der Waals surface area contributed by atoms with Crippen LogP contribution in [-0.4, -0.2) is 17.4 Å². The van der Waals surface area contributed by atoms with Gasteiger partial charge in [-0.1, -0.05) is 17.7 Å². The van der Waals surface area contributed by atoms with Crippen LogP contribution < -0.4 is 10.6 Å². The Morgan fingerprint density at radius 2 is 1.83 bits per heavy atom. The second-order valence-electron chi connectivity index (χ2n) is 5.70. The van der Waals surface area contributed by atoms with Gasteiger partial charge < -0.3 is 10.6 Å². The number of benzene rings is 2. The van der Waals surface area contributed by atoms with E-state index < -0.39 is 4.92 Å². The van der Waals surface area contributed by atoms with E-state index in [4.69, 9.17) is 0 Å². The van der Waals surface area contributed by atoms with E-state index in [1.54, 1.807) is 12.1 Å². The fourth-order valence-electron chi connectivity index (χ4n) is 2.35. The van der Waals surface area contributed by atoms with Gasteiger partial charge in [-0.2, -0.15) is 0 Å². The summed E-state index contributed by atoms with van der Waals surface area (Å²) >= 11 is 0. The molecule has 0 saturated carbocycles. The Hall–Kier alpha value is -2.89. The van der Waals surface area contributed by atoms with Gasteiger partial charge in [-0.15, -0.1) is 0 Å². The van der Waals surface area contributed by atoms with E-state index in [2.05, 4.69) is 10.6 Å². The molecule has 2 aromatic rings. The highest BCUT2D eigenvalue weighted by atomic mass is 16.6. The van der Waals surface area contributed by atoms with Crippen LogP contribution in [-0.2, 0) is 4.79 Å². The summed E-state index contributed by atoms with van der Waals surface area (Å²) in [5, 5.41) is 16.6. The molecule has 2 aromatic carbocycles. The molecule has 0 spiro atoms. The van der Waals surface area contributed by atoms with Crippen molar-refractivity contribution in [2.75, 3.05) is 17.2 Å². The monoisotopic (exact) mass is 327 g/mol. The molecule has 0 radical (unpaired) electrons. The summed E-state index contributed by atoms with van der Waals surface area (Å²) in [5.41, 5.74) is 3.92. The number of nitrogens with zero attached hydrogens (tertiary/aromatic N) is 1. The Morgan fingerprint density at radius 3 is 2.46 bits per heavy atom. The van der Waals surface area contributed by atoms with Crippen molar-refractivity contribution in [3.8, 4) is 0 Å². The van der Waals surface area contributed by atoms with Crippen molar-refractivity contribution in [1.82, 2.24) is 0 Å². The number of nitro benzene ring substituents is 1. The number of hydrogen-bond donors (Lipinski definition) is 2. The van der Waals surface area contributed by atoms with Crippen molar-refractivity contribution >= 4 is 23.0 Å². The highest BCUT2D eigenvalue weighted by Gasteiger charge is 2.06. The molecule has 1 amide bonds. The van der Waals surface area contributed by atoms with E-state index in [1.807, 2.05) is 32.0 Å². The van der Waals surface area contributed by atoms with Crippen LogP contribution >= 0.6 is 0 Å². The molecule has 0 fully saturated rings. The minimum atomic E-state index is -0.429. The third-order valence-electron chi connectivity index (χ3n) is 3.64. The molecule has 0 saturated heterocycles. The number of carbonyl (C=O) groups is 1. The van der Waals surface area contributed by atoms with E-state index in [-0.39, 0.29) is 11.6 Å². The van der Waals surface area contributed by atoms with Crippen LogP contribution in [0.25, 0.3) is 0 Å². The first-order valence-electron chi connectivity index (χ1n) is 7.81. The molecule has 0 aliphatic heterocycles. The highest BCUT2D eigenvalue weighted by molar-refractivity contribution is 5.91. The number of nitro groups is 1. The number of rotatable bonds is 7. The molecule has 0 aliphatic carbocycles. The van der Waals surface area contributed by atoms with Gasteiger partial charge in [0, 0.05) is 36.5 Å². The lowest BCUT2D eigenvalue weighted by Gasteiger charge is -2.10. The topological polar surface area (TPSA) is 84.3 Å². The maximum Gasteiger partial charge on any atom is 0.269 e. The molecule has 6 nitrogen and oxygen atoms in total. The zero-order valence-corrected chi connectivity index (χ0v) is 13.8. The van der Waals surface area contributed by atoms with Crippen molar-refractivity contribution in [2.45, 2.75) is 26.7 Å². The Bertz CT molecular complexity index is 727. The molecule has 0 aliphatic rings. The molecule has 126 valence electrons. The zero-order chi connectivity index (χ0) is 17.5. The van der Waals surface area contributed by atoms with Crippen molar-refractivity contribution in [3.05, 3.63) is 63.7 Å². The molecule has 2 rings (SSSR count). The lowest BCUT2D eigenvalue weighted by atomic mass is 10.1. The second-order valence-corrected chi connectivity index (χ2v) is 5.70. The molecular formula is C18H21N3O3. The summed E-state index contributed by atoms with van der Waals surface area (Å²) in [6.07, 6.45) is 1.08. The molecule has 6 heteroatoms. The van der Waals surface area contributed by atoms with E-state index in [1.165, 1.54) is 12.1 Å². The Labute approximate surface area is 141 Å². The second kappa shape index (κ2) is 8.10. The fourth-order valence-corrected chi connectivity index (χ4v) is 2.35. The molecule has 0 bridgehead atoms. The van der Waals surface area contributed by atoms with Crippen LogP contribution in [0.4, 0.5) is 17.1 Å². The predicted octanol–water partition coefficient (Wildman–Crippen LogP) is 4.04. The van der Waals surface area contributed by atoms with E-state index in [0.717, 1.165) is 22.5 Å². The van der Waals surface area contributed by atoms with Crippen LogP contribution in [0.2, 0.25) is 0 Å². The molecule has 2 N–H and O–H groups in total. The predicted molar refractivity (Wildman–Crippen MR) is 95.4 cm³/mol. The van der Waals surface area contributed by atoms with E-state index in [0.29, 0.717) is 19.4 Å². The number of nitrogens with one attached hydrogen (secondary N) is 2. The smallest absolute Gasteiger partial charge is 0.269 e. The van der Waals surface area contributed by atoms with E-state index in [9.17, 15) is 14.9 Å². The highest BCUT2D eigenvalue weighted by Crippen LogP contribution is 2.17. The van der Waals surface area contributed by atoms with Gasteiger partial charge in [0.2, 0.25) is 5.91 Å². The van der Waals surface area contributed by atoms with Gasteiger partial charge in [-0.25, -0.2) is 0 Å². The molecule has 0 aromatic heterocycles. The lowest BCUT2D eigenvalue weighted by molar-refractivity contribution is -0.384. The van der Waals surface area contributed by atoms with Crippen molar-refractivity contribution in [3.63, 3.8) is 0 Å². The first kappa shape index (κ1) is 17.5. The van der Waals surface area contributed by atoms with Gasteiger partial charge in [0.15, 0.2) is 0 Å². The number of anilines is 2. The van der Waals surface area contributed by atoms with Crippen LogP contribution in [0.5, 0.6) is 0 Å². The molecular weight excluding hydrogens is 306 g/mol. The van der Waals surface area contributed by atoms with Crippen molar-refractivity contribution < 1.29 is 9.72 Å². The van der Waals surface area contributed by atoms with Gasteiger partial charge in [0.05, 0.1) is 4.92 Å². The zero-order valence-electron chi connectivity index (χ0n) is 13.8. The van der Waals surface area contributed by atoms with Crippen LogP contribution in [0.1, 0.15) is 24.0 Å². The first-order valence-corrected chi connectivity index (χ1v) is 7.81. The largest absolute Gasteiger partial charge is 0.385 e. The van der Waals surface area contributed by atoms with Gasteiger partial charge in [-0.3, -0.25) is 14.9 Å². The number of non-ortho nitro benzene ring substituents is 1. The van der Waals surface area contributed by atoms with Crippen LogP contribution in [0, 0.1) is 24.0 Å². The Kier molecular flexibility index (Phi) is 5.89. The van der Waals surface area contributed by atoms with Crippen LogP contribution in [0.15, 0.2) is 42.5 Å². The fraction of sp³-hybridized carbons (Fsp3) is 0.278. The SMILES string of the molecule is Cc1ccc(NC(=O)CCCNc2ccc([N+](=O)[O-])cc2)c(C)c1. The minimum Gasteiger partial charge on any atom is -0.385 e. The Morgan fingerprint density at radius 1 is 1.12 bits per heavy atom. The summed E-state index contributed by atoms with van der Waals surface area (Å²) in [4.78, 5) is 22.1. The maximum absolute atomic E-state index is 12.0. The summed E-state index contributed by atoms with van der Waals surface area (Å²) < 4.78 is 0. The molecule has 0 atom stereocenters. The average Bonchev–Trinajstić information content (AvgIpc) is 2.55. The van der Waals surface area contributed by atoms with Crippen molar-refractivity contribution in [1.29, 1.82) is 0 Å².